The maximum atomic E-state index is 12.7. The summed E-state index contributed by atoms with van der Waals surface area (Å²) >= 11 is 1.63. The zero-order valence-electron chi connectivity index (χ0n) is 12.2. The summed E-state index contributed by atoms with van der Waals surface area (Å²) in [6, 6.07) is 4.01. The summed E-state index contributed by atoms with van der Waals surface area (Å²) in [5.74, 6) is 0.0277. The maximum Gasteiger partial charge on any atom is 0.231 e. The van der Waals surface area contributed by atoms with Crippen molar-refractivity contribution < 1.29 is 13.2 Å². The minimum Gasteiger partial charge on any atom is -0.354 e. The normalized spacial score (nSPS) is 18.3. The Hall–Kier alpha value is -0.920. The SMILES string of the molecule is CS(=O)(=O)NCCNC(=O)C1(c2cccs2)CCCCC1. The molecule has 21 heavy (non-hydrogen) atoms. The second-order valence-electron chi connectivity index (χ2n) is 5.54. The van der Waals surface area contributed by atoms with Crippen LogP contribution in [-0.4, -0.2) is 33.7 Å². The third-order valence-electron chi connectivity index (χ3n) is 3.91. The molecule has 1 aliphatic carbocycles. The van der Waals surface area contributed by atoms with Crippen LogP contribution >= 0.6 is 11.3 Å². The number of hydrogen-bond acceptors (Lipinski definition) is 4. The number of rotatable bonds is 6. The summed E-state index contributed by atoms with van der Waals surface area (Å²) in [7, 11) is -3.20. The fraction of sp³-hybridized carbons (Fsp3) is 0.643. The van der Waals surface area contributed by atoms with Crippen LogP contribution in [0.1, 0.15) is 37.0 Å². The maximum absolute atomic E-state index is 12.7. The average molecular weight is 330 g/mol. The van der Waals surface area contributed by atoms with Gasteiger partial charge < -0.3 is 5.32 Å². The van der Waals surface area contributed by atoms with Gasteiger partial charge in [-0.3, -0.25) is 4.79 Å². The summed E-state index contributed by atoms with van der Waals surface area (Å²) in [5.41, 5.74) is -0.419. The second kappa shape index (κ2) is 6.89. The lowest BCUT2D eigenvalue weighted by atomic mass is 9.72. The molecule has 0 saturated heterocycles. The first-order valence-corrected chi connectivity index (χ1v) is 9.98. The van der Waals surface area contributed by atoms with E-state index in [-0.39, 0.29) is 12.5 Å². The molecule has 0 bridgehead atoms. The van der Waals surface area contributed by atoms with Crippen LogP contribution in [0.4, 0.5) is 0 Å². The Morgan fingerprint density at radius 3 is 2.57 bits per heavy atom. The van der Waals surface area contributed by atoms with E-state index in [9.17, 15) is 13.2 Å². The van der Waals surface area contributed by atoms with Gasteiger partial charge in [-0.15, -0.1) is 11.3 Å². The molecule has 0 spiro atoms. The van der Waals surface area contributed by atoms with Crippen molar-refractivity contribution in [3.63, 3.8) is 0 Å². The number of nitrogens with one attached hydrogen (secondary N) is 2. The molecule has 7 heteroatoms. The highest BCUT2D eigenvalue weighted by molar-refractivity contribution is 7.88. The van der Waals surface area contributed by atoms with Crippen molar-refractivity contribution in [2.24, 2.45) is 0 Å². The number of carbonyl (C=O) groups excluding carboxylic acids is 1. The lowest BCUT2D eigenvalue weighted by molar-refractivity contribution is -0.127. The van der Waals surface area contributed by atoms with E-state index < -0.39 is 15.4 Å². The lowest BCUT2D eigenvalue weighted by Gasteiger charge is -2.35. The van der Waals surface area contributed by atoms with Gasteiger partial charge in [0.05, 0.1) is 11.7 Å². The van der Waals surface area contributed by atoms with Crippen molar-refractivity contribution >= 4 is 27.3 Å². The van der Waals surface area contributed by atoms with Crippen molar-refractivity contribution in [2.75, 3.05) is 19.3 Å². The van der Waals surface area contributed by atoms with Crippen molar-refractivity contribution in [3.05, 3.63) is 22.4 Å². The van der Waals surface area contributed by atoms with E-state index in [4.69, 9.17) is 0 Å². The molecule has 1 amide bonds. The zero-order chi connectivity index (χ0) is 15.3. The third-order valence-corrected chi connectivity index (χ3v) is 5.71. The quantitative estimate of drug-likeness (QED) is 0.778. The molecule has 0 radical (unpaired) electrons. The van der Waals surface area contributed by atoms with Gasteiger partial charge in [0.15, 0.2) is 0 Å². The van der Waals surface area contributed by atoms with Gasteiger partial charge >= 0.3 is 0 Å². The van der Waals surface area contributed by atoms with Gasteiger partial charge in [0.25, 0.3) is 0 Å². The fourth-order valence-electron chi connectivity index (χ4n) is 2.87. The van der Waals surface area contributed by atoms with Crippen molar-refractivity contribution in [1.82, 2.24) is 10.0 Å². The summed E-state index contributed by atoms with van der Waals surface area (Å²) < 4.78 is 24.4. The molecular formula is C14H22N2O3S2. The lowest BCUT2D eigenvalue weighted by Crippen LogP contribution is -2.47. The Bertz CT molecular complexity index is 561. The molecule has 1 fully saturated rings. The predicted molar refractivity (Wildman–Crippen MR) is 84.9 cm³/mol. The molecule has 2 rings (SSSR count). The van der Waals surface area contributed by atoms with Gasteiger partial charge in [-0.2, -0.15) is 0 Å². The van der Waals surface area contributed by atoms with Crippen LogP contribution in [0.2, 0.25) is 0 Å². The number of thiophene rings is 1. The smallest absolute Gasteiger partial charge is 0.231 e. The monoisotopic (exact) mass is 330 g/mol. The molecule has 1 aromatic heterocycles. The van der Waals surface area contributed by atoms with Crippen LogP contribution in [0.5, 0.6) is 0 Å². The average Bonchev–Trinajstić information content (AvgIpc) is 2.97. The van der Waals surface area contributed by atoms with Crippen LogP contribution in [0.3, 0.4) is 0 Å². The molecule has 5 nitrogen and oxygen atoms in total. The molecule has 0 aliphatic heterocycles. The van der Waals surface area contributed by atoms with Gasteiger partial charge in [0.2, 0.25) is 15.9 Å². The van der Waals surface area contributed by atoms with Crippen molar-refractivity contribution in [2.45, 2.75) is 37.5 Å². The minimum atomic E-state index is -3.20. The molecule has 2 N–H and O–H groups in total. The Labute approximate surface area is 130 Å². The van der Waals surface area contributed by atoms with E-state index in [1.54, 1.807) is 11.3 Å². The Balaban J connectivity index is 1.99. The molecule has 0 atom stereocenters. The molecular weight excluding hydrogens is 308 g/mol. The third kappa shape index (κ3) is 4.28. The zero-order valence-corrected chi connectivity index (χ0v) is 13.9. The number of amides is 1. The van der Waals surface area contributed by atoms with Gasteiger partial charge in [-0.1, -0.05) is 25.3 Å². The van der Waals surface area contributed by atoms with Crippen LogP contribution in [-0.2, 0) is 20.2 Å². The molecule has 0 unspecified atom stereocenters. The predicted octanol–water partition coefficient (Wildman–Crippen LogP) is 1.62. The van der Waals surface area contributed by atoms with E-state index >= 15 is 0 Å². The highest BCUT2D eigenvalue weighted by Gasteiger charge is 2.41. The number of hydrogen-bond donors (Lipinski definition) is 2. The summed E-state index contributed by atoms with van der Waals surface area (Å²) in [6.07, 6.45) is 6.16. The fourth-order valence-corrected chi connectivity index (χ4v) is 4.33. The highest BCUT2D eigenvalue weighted by atomic mass is 32.2. The number of carbonyl (C=O) groups is 1. The van der Waals surface area contributed by atoms with Crippen LogP contribution in [0.15, 0.2) is 17.5 Å². The molecule has 1 aromatic rings. The van der Waals surface area contributed by atoms with Crippen LogP contribution < -0.4 is 10.0 Å². The van der Waals surface area contributed by atoms with Gasteiger partial charge in [0.1, 0.15) is 0 Å². The molecule has 1 saturated carbocycles. The summed E-state index contributed by atoms with van der Waals surface area (Å²) in [6.45, 7) is 0.546. The topological polar surface area (TPSA) is 75.3 Å². The van der Waals surface area contributed by atoms with Crippen molar-refractivity contribution in [3.8, 4) is 0 Å². The Kier molecular flexibility index (Phi) is 5.40. The molecule has 1 heterocycles. The van der Waals surface area contributed by atoms with E-state index in [2.05, 4.69) is 10.0 Å². The largest absolute Gasteiger partial charge is 0.354 e. The van der Waals surface area contributed by atoms with Crippen molar-refractivity contribution in [1.29, 1.82) is 0 Å². The summed E-state index contributed by atoms with van der Waals surface area (Å²) in [4.78, 5) is 13.8. The van der Waals surface area contributed by atoms with Gasteiger partial charge in [-0.25, -0.2) is 13.1 Å². The van der Waals surface area contributed by atoms with E-state index in [1.807, 2.05) is 17.5 Å². The van der Waals surface area contributed by atoms with Gasteiger partial charge in [0, 0.05) is 18.0 Å². The first-order valence-electron chi connectivity index (χ1n) is 7.21. The standard InChI is InChI=1S/C14H22N2O3S2/c1-21(18,19)16-10-9-15-13(17)14(7-3-2-4-8-14)12-6-5-11-20-12/h5-6,11,16H,2-4,7-10H2,1H3,(H,15,17). The van der Waals surface area contributed by atoms with Crippen LogP contribution in [0, 0.1) is 0 Å². The molecule has 0 aromatic carbocycles. The molecule has 118 valence electrons. The van der Waals surface area contributed by atoms with E-state index in [1.165, 1.54) is 6.42 Å². The van der Waals surface area contributed by atoms with Crippen LogP contribution in [0.25, 0.3) is 0 Å². The van der Waals surface area contributed by atoms with Gasteiger partial charge in [-0.05, 0) is 24.3 Å². The van der Waals surface area contributed by atoms with E-state index in [0.29, 0.717) is 6.54 Å². The highest BCUT2D eigenvalue weighted by Crippen LogP contribution is 2.41. The number of sulfonamides is 1. The van der Waals surface area contributed by atoms with E-state index in [0.717, 1.165) is 36.8 Å². The Morgan fingerprint density at radius 2 is 2.00 bits per heavy atom. The Morgan fingerprint density at radius 1 is 1.29 bits per heavy atom. The summed E-state index contributed by atoms with van der Waals surface area (Å²) in [5, 5.41) is 4.90. The minimum absolute atomic E-state index is 0.0277. The second-order valence-corrected chi connectivity index (χ2v) is 8.32. The first-order chi connectivity index (χ1) is 9.94. The molecule has 1 aliphatic rings. The first kappa shape index (κ1) is 16.5.